The third-order valence-electron chi connectivity index (χ3n) is 3.17. The van der Waals surface area contributed by atoms with E-state index >= 15 is 0 Å². The van der Waals surface area contributed by atoms with Crippen LogP contribution in [0, 0.1) is 0 Å². The molecule has 1 rings (SSSR count). The van der Waals surface area contributed by atoms with Gasteiger partial charge in [0.15, 0.2) is 0 Å². The van der Waals surface area contributed by atoms with Crippen molar-refractivity contribution in [2.75, 3.05) is 13.7 Å². The molecule has 0 aliphatic heterocycles. The van der Waals surface area contributed by atoms with Crippen molar-refractivity contribution in [2.45, 2.75) is 51.0 Å². The number of rotatable bonds is 5. The van der Waals surface area contributed by atoms with E-state index in [0.717, 1.165) is 12.8 Å². The van der Waals surface area contributed by atoms with Crippen LogP contribution < -0.4 is 10.8 Å². The zero-order chi connectivity index (χ0) is 11.1. The number of hydrogen-bond acceptors (Lipinski definition) is 3. The average molecular weight is 214 g/mol. The van der Waals surface area contributed by atoms with Gasteiger partial charge in [0.25, 0.3) is 0 Å². The van der Waals surface area contributed by atoms with Crippen molar-refractivity contribution < 1.29 is 9.63 Å². The van der Waals surface area contributed by atoms with Gasteiger partial charge in [0.2, 0.25) is 5.91 Å². The van der Waals surface area contributed by atoms with Gasteiger partial charge in [-0.1, -0.05) is 19.3 Å². The Balaban J connectivity index is 2.40. The minimum atomic E-state index is -0.0203. The molecule has 4 nitrogen and oxygen atoms in total. The summed E-state index contributed by atoms with van der Waals surface area (Å²) in [5.41, 5.74) is 2.46. The molecule has 1 aliphatic rings. The lowest BCUT2D eigenvalue weighted by Gasteiger charge is -2.36. The summed E-state index contributed by atoms with van der Waals surface area (Å²) in [5, 5.41) is 3.31. The molecular weight excluding hydrogens is 192 g/mol. The molecule has 0 unspecified atom stereocenters. The molecule has 0 aromatic carbocycles. The van der Waals surface area contributed by atoms with E-state index in [4.69, 9.17) is 4.84 Å². The third-order valence-corrected chi connectivity index (χ3v) is 3.17. The lowest BCUT2D eigenvalue weighted by atomic mass is 9.79. The molecule has 0 atom stereocenters. The Bertz CT molecular complexity index is 201. The third kappa shape index (κ3) is 3.80. The molecule has 15 heavy (non-hydrogen) atoms. The van der Waals surface area contributed by atoms with Gasteiger partial charge in [-0.3, -0.25) is 9.63 Å². The molecule has 88 valence electrons. The summed E-state index contributed by atoms with van der Waals surface area (Å²) in [5.74, 6) is -0.0203. The van der Waals surface area contributed by atoms with Gasteiger partial charge in [0.1, 0.15) is 0 Å². The molecule has 0 saturated heterocycles. The highest BCUT2D eigenvalue weighted by Crippen LogP contribution is 2.30. The van der Waals surface area contributed by atoms with Crippen molar-refractivity contribution in [3.8, 4) is 0 Å². The van der Waals surface area contributed by atoms with Gasteiger partial charge in [-0.25, -0.2) is 5.48 Å². The maximum absolute atomic E-state index is 11.6. The number of nitrogens with one attached hydrogen (secondary N) is 2. The van der Waals surface area contributed by atoms with Gasteiger partial charge >= 0.3 is 0 Å². The van der Waals surface area contributed by atoms with Crippen LogP contribution in [0.5, 0.6) is 0 Å². The summed E-state index contributed by atoms with van der Waals surface area (Å²) in [7, 11) is 1.94. The Kier molecular flexibility index (Phi) is 5.05. The minimum absolute atomic E-state index is 0.000561. The summed E-state index contributed by atoms with van der Waals surface area (Å²) in [4.78, 5) is 16.5. The van der Waals surface area contributed by atoms with E-state index in [2.05, 4.69) is 10.8 Å². The van der Waals surface area contributed by atoms with Crippen molar-refractivity contribution in [3.05, 3.63) is 0 Å². The molecule has 0 radical (unpaired) electrons. The number of carbonyl (C=O) groups excluding carboxylic acids is 1. The molecule has 1 amide bonds. The van der Waals surface area contributed by atoms with Crippen molar-refractivity contribution in [3.63, 3.8) is 0 Å². The molecule has 0 heterocycles. The van der Waals surface area contributed by atoms with Crippen LogP contribution >= 0.6 is 0 Å². The lowest BCUT2D eigenvalue weighted by Crippen LogP contribution is -2.48. The number of amides is 1. The van der Waals surface area contributed by atoms with Crippen LogP contribution in [0.15, 0.2) is 0 Å². The van der Waals surface area contributed by atoms with Gasteiger partial charge in [0.05, 0.1) is 6.61 Å². The maximum Gasteiger partial charge on any atom is 0.245 e. The van der Waals surface area contributed by atoms with E-state index in [-0.39, 0.29) is 11.4 Å². The molecule has 2 N–H and O–H groups in total. The normalized spacial score (nSPS) is 19.9. The zero-order valence-electron chi connectivity index (χ0n) is 9.77. The van der Waals surface area contributed by atoms with Crippen LogP contribution in [0.25, 0.3) is 0 Å². The van der Waals surface area contributed by atoms with E-state index in [0.29, 0.717) is 13.0 Å². The smallest absolute Gasteiger partial charge is 0.245 e. The molecule has 1 saturated carbocycles. The Hall–Kier alpha value is -0.610. The quantitative estimate of drug-likeness (QED) is 0.680. The fourth-order valence-corrected chi connectivity index (χ4v) is 2.24. The van der Waals surface area contributed by atoms with Gasteiger partial charge in [-0.05, 0) is 26.8 Å². The SMILES string of the molecule is CCONC(=O)CC1(NC)CCCCC1. The van der Waals surface area contributed by atoms with E-state index in [1.807, 2.05) is 14.0 Å². The van der Waals surface area contributed by atoms with Crippen LogP contribution in [0.3, 0.4) is 0 Å². The number of carbonyl (C=O) groups is 1. The molecule has 0 spiro atoms. The first-order valence-corrected chi connectivity index (χ1v) is 5.82. The van der Waals surface area contributed by atoms with Gasteiger partial charge in [-0.2, -0.15) is 0 Å². The first-order chi connectivity index (χ1) is 7.22. The topological polar surface area (TPSA) is 50.4 Å². The molecule has 1 aliphatic carbocycles. The van der Waals surface area contributed by atoms with E-state index in [1.165, 1.54) is 19.3 Å². The molecule has 0 aromatic heterocycles. The second-order valence-corrected chi connectivity index (χ2v) is 4.23. The highest BCUT2D eigenvalue weighted by molar-refractivity contribution is 5.76. The standard InChI is InChI=1S/C11H22N2O2/c1-3-15-13-10(14)9-11(12-2)7-5-4-6-8-11/h12H,3-9H2,1-2H3,(H,13,14). The van der Waals surface area contributed by atoms with Crippen LogP contribution in [0.4, 0.5) is 0 Å². The Morgan fingerprint density at radius 1 is 1.33 bits per heavy atom. The molecule has 1 fully saturated rings. The monoisotopic (exact) mass is 214 g/mol. The predicted octanol–water partition coefficient (Wildman–Crippen LogP) is 1.37. The summed E-state index contributed by atoms with van der Waals surface area (Å²) in [6.45, 7) is 2.37. The zero-order valence-corrected chi connectivity index (χ0v) is 9.77. The molecule has 0 aromatic rings. The average Bonchev–Trinajstić information content (AvgIpc) is 2.27. The summed E-state index contributed by atoms with van der Waals surface area (Å²) >= 11 is 0. The Labute approximate surface area is 91.7 Å². The molecule has 4 heteroatoms. The van der Waals surface area contributed by atoms with Gasteiger partial charge in [-0.15, -0.1) is 0 Å². The largest absolute Gasteiger partial charge is 0.314 e. The van der Waals surface area contributed by atoms with Crippen LogP contribution in [-0.2, 0) is 9.63 Å². The summed E-state index contributed by atoms with van der Waals surface area (Å²) < 4.78 is 0. The van der Waals surface area contributed by atoms with Crippen molar-refractivity contribution >= 4 is 5.91 Å². The van der Waals surface area contributed by atoms with E-state index < -0.39 is 0 Å². The van der Waals surface area contributed by atoms with Crippen molar-refractivity contribution in [1.82, 2.24) is 10.8 Å². The Morgan fingerprint density at radius 3 is 2.53 bits per heavy atom. The summed E-state index contributed by atoms with van der Waals surface area (Å²) in [6.07, 6.45) is 6.40. The second kappa shape index (κ2) is 6.08. The van der Waals surface area contributed by atoms with Crippen LogP contribution in [0.1, 0.15) is 45.4 Å². The molecule has 0 bridgehead atoms. The highest BCUT2D eigenvalue weighted by Gasteiger charge is 2.32. The minimum Gasteiger partial charge on any atom is -0.314 e. The fraction of sp³-hybridized carbons (Fsp3) is 0.909. The van der Waals surface area contributed by atoms with Gasteiger partial charge in [0, 0.05) is 12.0 Å². The first-order valence-electron chi connectivity index (χ1n) is 5.82. The fourth-order valence-electron chi connectivity index (χ4n) is 2.24. The Morgan fingerprint density at radius 2 is 2.00 bits per heavy atom. The number of hydroxylamine groups is 1. The summed E-state index contributed by atoms with van der Waals surface area (Å²) in [6, 6.07) is 0. The van der Waals surface area contributed by atoms with Crippen LogP contribution in [-0.4, -0.2) is 25.1 Å². The predicted molar refractivity (Wildman–Crippen MR) is 59.3 cm³/mol. The van der Waals surface area contributed by atoms with Crippen LogP contribution in [0.2, 0.25) is 0 Å². The maximum atomic E-state index is 11.6. The van der Waals surface area contributed by atoms with E-state index in [1.54, 1.807) is 0 Å². The van der Waals surface area contributed by atoms with E-state index in [9.17, 15) is 4.79 Å². The van der Waals surface area contributed by atoms with Gasteiger partial charge < -0.3 is 5.32 Å². The van der Waals surface area contributed by atoms with Crippen molar-refractivity contribution in [1.29, 1.82) is 0 Å². The highest BCUT2D eigenvalue weighted by atomic mass is 16.6. The molecular formula is C11H22N2O2. The second-order valence-electron chi connectivity index (χ2n) is 4.23. The van der Waals surface area contributed by atoms with Crippen molar-refractivity contribution in [2.24, 2.45) is 0 Å². The first kappa shape index (κ1) is 12.5. The number of hydrogen-bond donors (Lipinski definition) is 2. The lowest BCUT2D eigenvalue weighted by molar-refractivity contribution is -0.135.